The van der Waals surface area contributed by atoms with Crippen LogP contribution in [0.4, 0.5) is 0 Å². The van der Waals surface area contributed by atoms with Crippen LogP contribution in [0, 0.1) is 0 Å². The van der Waals surface area contributed by atoms with Crippen molar-refractivity contribution in [2.45, 2.75) is 34.6 Å². The van der Waals surface area contributed by atoms with Gasteiger partial charge in [0.2, 0.25) is 0 Å². The molecule has 0 bridgehead atoms. The second-order valence-electron chi connectivity index (χ2n) is 3.47. The number of ketones is 1. The van der Waals surface area contributed by atoms with Gasteiger partial charge in [0.05, 0.1) is 0 Å². The lowest BCUT2D eigenvalue weighted by atomic mass is 9.98. The van der Waals surface area contributed by atoms with E-state index >= 15 is 0 Å². The first-order valence-corrected chi connectivity index (χ1v) is 6.94. The molecule has 1 heteroatoms. The van der Waals surface area contributed by atoms with E-state index in [0.29, 0.717) is 0 Å². The van der Waals surface area contributed by atoms with Crippen LogP contribution in [0.5, 0.6) is 0 Å². The molecule has 0 amide bonds. The normalized spacial score (nSPS) is 8.47. The summed E-state index contributed by atoms with van der Waals surface area (Å²) in [6.45, 7) is 9.60. The highest BCUT2D eigenvalue weighted by molar-refractivity contribution is 6.00. The van der Waals surface area contributed by atoms with Gasteiger partial charge < -0.3 is 0 Å². The molecule has 0 spiro atoms. The number of carbonyl (C=O) groups is 1. The van der Waals surface area contributed by atoms with Crippen molar-refractivity contribution in [3.05, 3.63) is 60.2 Å². The van der Waals surface area contributed by atoms with Gasteiger partial charge >= 0.3 is 0 Å². The zero-order chi connectivity index (χ0) is 14.7. The molecule has 2 aromatic carbocycles. The SMILES string of the molecule is CC.CC.CC(=O)c1ccccc1-c1ccccc1. The Morgan fingerprint density at radius 3 is 1.74 bits per heavy atom. The molecule has 0 aromatic heterocycles. The van der Waals surface area contributed by atoms with E-state index < -0.39 is 0 Å². The molecule has 0 aliphatic heterocycles. The van der Waals surface area contributed by atoms with Crippen molar-refractivity contribution in [3.63, 3.8) is 0 Å². The summed E-state index contributed by atoms with van der Waals surface area (Å²) in [6.07, 6.45) is 0. The first-order chi connectivity index (χ1) is 9.29. The number of benzene rings is 2. The van der Waals surface area contributed by atoms with Crippen LogP contribution in [0.2, 0.25) is 0 Å². The zero-order valence-corrected chi connectivity index (χ0v) is 12.6. The predicted octanol–water partition coefficient (Wildman–Crippen LogP) is 5.61. The molecule has 0 N–H and O–H groups in total. The summed E-state index contributed by atoms with van der Waals surface area (Å²) in [7, 11) is 0. The molecule has 0 aliphatic rings. The van der Waals surface area contributed by atoms with Crippen molar-refractivity contribution >= 4 is 5.78 Å². The van der Waals surface area contributed by atoms with E-state index in [1.54, 1.807) is 6.92 Å². The summed E-state index contributed by atoms with van der Waals surface area (Å²) in [4.78, 5) is 11.4. The first-order valence-electron chi connectivity index (χ1n) is 6.94. The molecule has 0 saturated heterocycles. The van der Waals surface area contributed by atoms with Gasteiger partial charge in [-0.05, 0) is 18.1 Å². The van der Waals surface area contributed by atoms with Crippen LogP contribution in [-0.4, -0.2) is 5.78 Å². The fourth-order valence-corrected chi connectivity index (χ4v) is 1.66. The van der Waals surface area contributed by atoms with Gasteiger partial charge in [-0.1, -0.05) is 82.3 Å². The van der Waals surface area contributed by atoms with Gasteiger partial charge in [0.25, 0.3) is 0 Å². The maximum atomic E-state index is 11.4. The average molecular weight is 256 g/mol. The monoisotopic (exact) mass is 256 g/mol. The summed E-state index contributed by atoms with van der Waals surface area (Å²) in [5, 5.41) is 0. The van der Waals surface area contributed by atoms with Crippen LogP contribution in [0.3, 0.4) is 0 Å². The topological polar surface area (TPSA) is 17.1 Å². The number of hydrogen-bond acceptors (Lipinski definition) is 1. The molecule has 1 nitrogen and oxygen atoms in total. The third-order valence-electron chi connectivity index (χ3n) is 2.39. The highest BCUT2D eigenvalue weighted by Gasteiger charge is 2.06. The lowest BCUT2D eigenvalue weighted by molar-refractivity contribution is 0.101. The fraction of sp³-hybridized carbons (Fsp3) is 0.278. The Hall–Kier alpha value is -1.89. The second-order valence-corrected chi connectivity index (χ2v) is 3.47. The van der Waals surface area contributed by atoms with E-state index in [0.717, 1.165) is 16.7 Å². The summed E-state index contributed by atoms with van der Waals surface area (Å²) in [5.74, 6) is 0.106. The molecule has 19 heavy (non-hydrogen) atoms. The molecule has 0 aliphatic carbocycles. The average Bonchev–Trinajstić information content (AvgIpc) is 2.52. The van der Waals surface area contributed by atoms with Crippen molar-refractivity contribution in [2.75, 3.05) is 0 Å². The molecule has 0 heterocycles. The Morgan fingerprint density at radius 2 is 1.21 bits per heavy atom. The Bertz CT molecular complexity index is 472. The van der Waals surface area contributed by atoms with Crippen LogP contribution < -0.4 is 0 Å². The quantitative estimate of drug-likeness (QED) is 0.638. The van der Waals surface area contributed by atoms with E-state index in [-0.39, 0.29) is 5.78 Å². The summed E-state index contributed by atoms with van der Waals surface area (Å²) < 4.78 is 0. The molecule has 0 fully saturated rings. The van der Waals surface area contributed by atoms with E-state index in [4.69, 9.17) is 0 Å². The van der Waals surface area contributed by atoms with Crippen molar-refractivity contribution < 1.29 is 4.79 Å². The smallest absolute Gasteiger partial charge is 0.160 e. The molecular weight excluding hydrogens is 232 g/mol. The number of rotatable bonds is 2. The molecule has 0 saturated carbocycles. The summed E-state index contributed by atoms with van der Waals surface area (Å²) in [5.41, 5.74) is 2.87. The number of carbonyl (C=O) groups excluding carboxylic acids is 1. The van der Waals surface area contributed by atoms with Crippen LogP contribution in [0.1, 0.15) is 45.0 Å². The minimum absolute atomic E-state index is 0.106. The van der Waals surface area contributed by atoms with Gasteiger partial charge in [-0.2, -0.15) is 0 Å². The zero-order valence-electron chi connectivity index (χ0n) is 12.6. The van der Waals surface area contributed by atoms with E-state index in [9.17, 15) is 4.79 Å². The summed E-state index contributed by atoms with van der Waals surface area (Å²) >= 11 is 0. The Balaban J connectivity index is 0.000000741. The van der Waals surface area contributed by atoms with Crippen molar-refractivity contribution in [3.8, 4) is 11.1 Å². The second kappa shape index (κ2) is 10.1. The van der Waals surface area contributed by atoms with Crippen LogP contribution >= 0.6 is 0 Å². The Morgan fingerprint density at radius 1 is 0.737 bits per heavy atom. The third-order valence-corrected chi connectivity index (χ3v) is 2.39. The Kier molecular flexibility index (Phi) is 9.07. The Labute approximate surface area is 117 Å². The molecule has 2 aromatic rings. The van der Waals surface area contributed by atoms with Crippen molar-refractivity contribution in [1.29, 1.82) is 0 Å². The molecule has 0 atom stereocenters. The van der Waals surface area contributed by atoms with Gasteiger partial charge in [-0.25, -0.2) is 0 Å². The van der Waals surface area contributed by atoms with Gasteiger partial charge in [-0.3, -0.25) is 4.79 Å². The molecule has 0 radical (unpaired) electrons. The molecule has 0 unspecified atom stereocenters. The van der Waals surface area contributed by atoms with Gasteiger partial charge in [0.15, 0.2) is 5.78 Å². The third kappa shape index (κ3) is 5.09. The summed E-state index contributed by atoms with van der Waals surface area (Å²) in [6, 6.07) is 17.6. The van der Waals surface area contributed by atoms with Crippen LogP contribution in [0.25, 0.3) is 11.1 Å². The van der Waals surface area contributed by atoms with Crippen LogP contribution in [-0.2, 0) is 0 Å². The highest BCUT2D eigenvalue weighted by atomic mass is 16.1. The van der Waals surface area contributed by atoms with E-state index in [1.807, 2.05) is 82.3 Å². The van der Waals surface area contributed by atoms with Gasteiger partial charge in [0, 0.05) is 5.56 Å². The highest BCUT2D eigenvalue weighted by Crippen LogP contribution is 2.23. The van der Waals surface area contributed by atoms with Crippen molar-refractivity contribution in [1.82, 2.24) is 0 Å². The number of hydrogen-bond donors (Lipinski definition) is 0. The maximum Gasteiger partial charge on any atom is 0.160 e. The maximum absolute atomic E-state index is 11.4. The van der Waals surface area contributed by atoms with Gasteiger partial charge in [-0.15, -0.1) is 0 Å². The lowest BCUT2D eigenvalue weighted by Crippen LogP contribution is -1.95. The fourth-order valence-electron chi connectivity index (χ4n) is 1.66. The number of Topliss-reactive ketones (excluding diaryl/α,β-unsaturated/α-hetero) is 1. The standard InChI is InChI=1S/C14H12O.2C2H6/c1-11(15)13-9-5-6-10-14(13)12-7-3-2-4-8-12;2*1-2/h2-10H,1H3;2*1-2H3. The minimum atomic E-state index is 0.106. The predicted molar refractivity (Wildman–Crippen MR) is 84.6 cm³/mol. The van der Waals surface area contributed by atoms with Crippen molar-refractivity contribution in [2.24, 2.45) is 0 Å². The van der Waals surface area contributed by atoms with E-state index in [1.165, 1.54) is 0 Å². The molecule has 2 rings (SSSR count). The van der Waals surface area contributed by atoms with Gasteiger partial charge in [0.1, 0.15) is 0 Å². The van der Waals surface area contributed by atoms with Crippen LogP contribution in [0.15, 0.2) is 54.6 Å². The minimum Gasteiger partial charge on any atom is -0.294 e. The van der Waals surface area contributed by atoms with E-state index in [2.05, 4.69) is 0 Å². The lowest BCUT2D eigenvalue weighted by Gasteiger charge is -2.06. The largest absolute Gasteiger partial charge is 0.294 e. The molecule has 102 valence electrons. The molecular formula is C18H24O. The first kappa shape index (κ1) is 17.1.